The number of aliphatic hydroxyl groups is 1. The first kappa shape index (κ1) is 28.1. The van der Waals surface area contributed by atoms with E-state index in [2.05, 4.69) is 31.7 Å². The molecule has 39 heavy (non-hydrogen) atoms. The van der Waals surface area contributed by atoms with E-state index in [0.717, 1.165) is 30.6 Å². The zero-order valence-corrected chi connectivity index (χ0v) is 23.3. The van der Waals surface area contributed by atoms with Gasteiger partial charge in [0.1, 0.15) is 18.1 Å². The number of hydrogen-bond acceptors (Lipinski definition) is 5. The third-order valence-corrected chi connectivity index (χ3v) is 7.41. The summed E-state index contributed by atoms with van der Waals surface area (Å²) in [5.74, 6) is -0.754. The zero-order valence-electron chi connectivity index (χ0n) is 23.3. The molecule has 1 fully saturated rings. The predicted molar refractivity (Wildman–Crippen MR) is 155 cm³/mol. The van der Waals surface area contributed by atoms with Gasteiger partial charge >= 0.3 is 0 Å². The van der Waals surface area contributed by atoms with Crippen LogP contribution in [0.2, 0.25) is 0 Å². The molecule has 4 rings (SSSR count). The number of aliphatic hydroxyl groups excluding tert-OH is 1. The first-order valence-corrected chi connectivity index (χ1v) is 13.7. The quantitative estimate of drug-likeness (QED) is 0.191. The fraction of sp³-hybridized carbons (Fsp3) is 0.333. The SMILES string of the molecule is CCc1ccc([C@@H]2C(=C(O)c3ccc(OCc4cccc(C)c4)cc3)C(=O)C(=O)N2CCN(CC)CC)cc1. The predicted octanol–water partition coefficient (Wildman–Crippen LogP) is 5.90. The molecule has 1 heterocycles. The molecule has 3 aromatic carbocycles. The van der Waals surface area contributed by atoms with Crippen LogP contribution in [0.15, 0.2) is 78.4 Å². The maximum Gasteiger partial charge on any atom is 0.295 e. The van der Waals surface area contributed by atoms with Gasteiger partial charge in [-0.1, -0.05) is 74.9 Å². The number of hydrogen-bond donors (Lipinski definition) is 1. The van der Waals surface area contributed by atoms with E-state index in [1.165, 1.54) is 11.1 Å². The molecule has 6 nitrogen and oxygen atoms in total. The molecule has 0 bridgehead atoms. The molecule has 0 spiro atoms. The number of aryl methyl sites for hydroxylation is 2. The van der Waals surface area contributed by atoms with E-state index in [0.29, 0.717) is 31.0 Å². The van der Waals surface area contributed by atoms with Crippen LogP contribution >= 0.6 is 0 Å². The minimum absolute atomic E-state index is 0.122. The van der Waals surface area contributed by atoms with E-state index in [4.69, 9.17) is 4.74 Å². The molecular weight excluding hydrogens is 488 g/mol. The lowest BCUT2D eigenvalue weighted by molar-refractivity contribution is -0.140. The Morgan fingerprint density at radius 1 is 0.923 bits per heavy atom. The van der Waals surface area contributed by atoms with Crippen molar-refractivity contribution in [1.82, 2.24) is 9.80 Å². The van der Waals surface area contributed by atoms with Crippen LogP contribution in [-0.4, -0.2) is 52.8 Å². The van der Waals surface area contributed by atoms with Gasteiger partial charge in [0.05, 0.1) is 11.6 Å². The fourth-order valence-electron chi connectivity index (χ4n) is 5.01. The lowest BCUT2D eigenvalue weighted by Crippen LogP contribution is -2.38. The summed E-state index contributed by atoms with van der Waals surface area (Å²) in [6.45, 7) is 11.5. The Morgan fingerprint density at radius 2 is 1.62 bits per heavy atom. The molecule has 0 radical (unpaired) electrons. The van der Waals surface area contributed by atoms with Gasteiger partial charge in [-0.25, -0.2) is 0 Å². The summed E-state index contributed by atoms with van der Waals surface area (Å²) >= 11 is 0. The number of likely N-dealkylation sites (N-methyl/N-ethyl adjacent to an activating group) is 1. The number of rotatable bonds is 11. The van der Waals surface area contributed by atoms with Crippen molar-refractivity contribution in [2.45, 2.75) is 46.8 Å². The second-order valence-corrected chi connectivity index (χ2v) is 9.92. The molecule has 1 N–H and O–H groups in total. The number of likely N-dealkylation sites (tertiary alicyclic amines) is 1. The lowest BCUT2D eigenvalue weighted by atomic mass is 9.94. The van der Waals surface area contributed by atoms with Crippen molar-refractivity contribution in [3.63, 3.8) is 0 Å². The summed E-state index contributed by atoms with van der Waals surface area (Å²) in [5.41, 5.74) is 4.81. The normalized spacial score (nSPS) is 16.7. The van der Waals surface area contributed by atoms with Crippen molar-refractivity contribution in [2.75, 3.05) is 26.2 Å². The van der Waals surface area contributed by atoms with Crippen LogP contribution in [0.3, 0.4) is 0 Å². The highest BCUT2D eigenvalue weighted by molar-refractivity contribution is 6.46. The number of Topliss-reactive ketones (excluding diaryl/α,β-unsaturated/α-hetero) is 1. The highest BCUT2D eigenvalue weighted by Crippen LogP contribution is 2.39. The van der Waals surface area contributed by atoms with Gasteiger partial charge in [-0.2, -0.15) is 0 Å². The van der Waals surface area contributed by atoms with Crippen LogP contribution in [0.1, 0.15) is 54.6 Å². The molecule has 1 saturated heterocycles. The Morgan fingerprint density at radius 3 is 2.23 bits per heavy atom. The Kier molecular flexibility index (Phi) is 9.20. The molecule has 6 heteroatoms. The summed E-state index contributed by atoms with van der Waals surface area (Å²) in [4.78, 5) is 30.4. The summed E-state index contributed by atoms with van der Waals surface area (Å²) < 4.78 is 5.92. The lowest BCUT2D eigenvalue weighted by Gasteiger charge is -2.28. The molecule has 0 aromatic heterocycles. The van der Waals surface area contributed by atoms with E-state index in [1.54, 1.807) is 29.2 Å². The van der Waals surface area contributed by atoms with Crippen LogP contribution in [0, 0.1) is 6.92 Å². The molecule has 3 aromatic rings. The number of carbonyl (C=O) groups excluding carboxylic acids is 2. The number of ketones is 1. The molecule has 0 aliphatic carbocycles. The summed E-state index contributed by atoms with van der Waals surface area (Å²) in [6.07, 6.45) is 0.890. The fourth-order valence-corrected chi connectivity index (χ4v) is 5.01. The van der Waals surface area contributed by atoms with Crippen LogP contribution < -0.4 is 4.74 Å². The number of nitrogens with zero attached hydrogens (tertiary/aromatic N) is 2. The van der Waals surface area contributed by atoms with Crippen LogP contribution in [-0.2, 0) is 22.6 Å². The summed E-state index contributed by atoms with van der Waals surface area (Å²) in [5, 5.41) is 11.4. The number of ether oxygens (including phenoxy) is 1. The summed E-state index contributed by atoms with van der Waals surface area (Å²) in [7, 11) is 0. The number of amides is 1. The third kappa shape index (κ3) is 6.40. The Labute approximate surface area is 231 Å². The molecule has 204 valence electrons. The third-order valence-electron chi connectivity index (χ3n) is 7.41. The van der Waals surface area contributed by atoms with Gasteiger partial charge in [0, 0.05) is 18.7 Å². The Hall–Kier alpha value is -3.90. The van der Waals surface area contributed by atoms with E-state index in [9.17, 15) is 14.7 Å². The molecular formula is C33H38N2O4. The van der Waals surface area contributed by atoms with E-state index in [-0.39, 0.29) is 11.3 Å². The first-order valence-electron chi connectivity index (χ1n) is 13.7. The first-order chi connectivity index (χ1) is 18.9. The monoisotopic (exact) mass is 526 g/mol. The average Bonchev–Trinajstić information content (AvgIpc) is 3.21. The van der Waals surface area contributed by atoms with Crippen LogP contribution in [0.25, 0.3) is 5.76 Å². The highest BCUT2D eigenvalue weighted by Gasteiger charge is 2.45. The van der Waals surface area contributed by atoms with Crippen LogP contribution in [0.5, 0.6) is 5.75 Å². The van der Waals surface area contributed by atoms with Crippen molar-refractivity contribution in [3.8, 4) is 5.75 Å². The minimum Gasteiger partial charge on any atom is -0.507 e. The Bertz CT molecular complexity index is 1320. The maximum absolute atomic E-state index is 13.3. The molecule has 1 aliphatic rings. The molecule has 0 saturated carbocycles. The molecule has 1 amide bonds. The van der Waals surface area contributed by atoms with Crippen molar-refractivity contribution >= 4 is 17.4 Å². The smallest absolute Gasteiger partial charge is 0.295 e. The zero-order chi connectivity index (χ0) is 27.9. The molecule has 1 aliphatic heterocycles. The standard InChI is InChI=1S/C33H38N2O4/c1-5-24-11-13-26(14-12-24)30-29(32(37)33(38)35(30)20-19-34(6-2)7-3)31(36)27-15-17-28(18-16-27)39-22-25-10-8-9-23(4)21-25/h8-18,21,30,36H,5-7,19-20,22H2,1-4H3/t30-/m1/s1. The van der Waals surface area contributed by atoms with E-state index in [1.807, 2.05) is 49.4 Å². The van der Waals surface area contributed by atoms with Crippen LogP contribution in [0.4, 0.5) is 0 Å². The largest absolute Gasteiger partial charge is 0.507 e. The van der Waals surface area contributed by atoms with Crippen molar-refractivity contribution in [3.05, 3.63) is 106 Å². The van der Waals surface area contributed by atoms with Gasteiger partial charge < -0.3 is 19.6 Å². The Balaban J connectivity index is 1.64. The minimum atomic E-state index is -0.656. The summed E-state index contributed by atoms with van der Waals surface area (Å²) in [6, 6.07) is 22.4. The highest BCUT2D eigenvalue weighted by atomic mass is 16.5. The van der Waals surface area contributed by atoms with Crippen molar-refractivity contribution in [1.29, 1.82) is 0 Å². The second kappa shape index (κ2) is 12.8. The maximum atomic E-state index is 13.3. The number of benzene rings is 3. The second-order valence-electron chi connectivity index (χ2n) is 9.92. The van der Waals surface area contributed by atoms with Gasteiger partial charge in [0.15, 0.2) is 0 Å². The van der Waals surface area contributed by atoms with Crippen molar-refractivity contribution < 1.29 is 19.4 Å². The van der Waals surface area contributed by atoms with Gasteiger partial charge in [-0.15, -0.1) is 0 Å². The van der Waals surface area contributed by atoms with Gasteiger partial charge in [0.2, 0.25) is 0 Å². The van der Waals surface area contributed by atoms with E-state index >= 15 is 0 Å². The molecule has 0 unspecified atom stereocenters. The molecule has 1 atom stereocenters. The topological polar surface area (TPSA) is 70.1 Å². The number of carbonyl (C=O) groups is 2. The van der Waals surface area contributed by atoms with Gasteiger partial charge in [0.25, 0.3) is 11.7 Å². The van der Waals surface area contributed by atoms with Gasteiger partial charge in [-0.05, 0) is 67.4 Å². The van der Waals surface area contributed by atoms with Gasteiger partial charge in [-0.3, -0.25) is 9.59 Å². The van der Waals surface area contributed by atoms with Crippen molar-refractivity contribution in [2.24, 2.45) is 0 Å². The van der Waals surface area contributed by atoms with E-state index < -0.39 is 17.7 Å². The average molecular weight is 527 g/mol.